The van der Waals surface area contributed by atoms with Crippen LogP contribution >= 0.6 is 0 Å². The zero-order chi connectivity index (χ0) is 17.4. The summed E-state index contributed by atoms with van der Waals surface area (Å²) in [4.78, 5) is 14.8. The predicted molar refractivity (Wildman–Crippen MR) is 95.6 cm³/mol. The highest BCUT2D eigenvalue weighted by Crippen LogP contribution is 2.17. The number of carbonyl (C=O) groups is 1. The third-order valence-corrected chi connectivity index (χ3v) is 4.15. The first kappa shape index (κ1) is 18.0. The monoisotopic (exact) mass is 326 g/mol. The highest BCUT2D eigenvalue weighted by Gasteiger charge is 2.28. The number of aromatic nitrogens is 1. The van der Waals surface area contributed by atoms with Crippen LogP contribution in [0.2, 0.25) is 0 Å². The lowest BCUT2D eigenvalue weighted by molar-refractivity contribution is -0.608. The summed E-state index contributed by atoms with van der Waals surface area (Å²) in [7, 11) is 0. The van der Waals surface area contributed by atoms with Gasteiger partial charge in [-0.2, -0.15) is 4.73 Å². The van der Waals surface area contributed by atoms with Gasteiger partial charge in [0.1, 0.15) is 0 Å². The molecule has 1 atom stereocenters. The van der Waals surface area contributed by atoms with Crippen LogP contribution < -0.4 is 4.73 Å². The van der Waals surface area contributed by atoms with E-state index in [1.807, 2.05) is 23.1 Å². The third-order valence-electron chi connectivity index (χ3n) is 4.15. The number of rotatable bonds is 8. The topological polar surface area (TPSA) is 47.2 Å². The fraction of sp³-hybridized carbons (Fsp3) is 0.400. The Morgan fingerprint density at radius 3 is 2.42 bits per heavy atom. The molecular formula is C20H26N2O2. The predicted octanol–water partition coefficient (Wildman–Crippen LogP) is 3.58. The molecule has 1 aromatic heterocycles. The van der Waals surface area contributed by atoms with Crippen LogP contribution in [0.4, 0.5) is 0 Å². The van der Waals surface area contributed by atoms with Gasteiger partial charge >= 0.3 is 5.91 Å². The van der Waals surface area contributed by atoms with Gasteiger partial charge in [-0.05, 0) is 30.9 Å². The van der Waals surface area contributed by atoms with Gasteiger partial charge in [-0.25, -0.2) is 0 Å². The summed E-state index contributed by atoms with van der Waals surface area (Å²) in [6, 6.07) is 15.3. The highest BCUT2D eigenvalue weighted by atomic mass is 16.5. The van der Waals surface area contributed by atoms with Crippen LogP contribution in [-0.2, 0) is 6.42 Å². The number of pyridine rings is 1. The van der Waals surface area contributed by atoms with Gasteiger partial charge in [0.05, 0.1) is 0 Å². The van der Waals surface area contributed by atoms with E-state index >= 15 is 0 Å². The SMILES string of the molecule is CCC[C@@H](Cc1ccccc1)N(CCC)C(=O)c1cccc[n+]1[O-]. The molecule has 0 aliphatic heterocycles. The van der Waals surface area contributed by atoms with Gasteiger partial charge in [0.25, 0.3) is 5.69 Å². The Balaban J connectivity index is 2.27. The van der Waals surface area contributed by atoms with Gasteiger partial charge in [-0.15, -0.1) is 0 Å². The smallest absolute Gasteiger partial charge is 0.320 e. The Morgan fingerprint density at radius 1 is 1.08 bits per heavy atom. The normalized spacial score (nSPS) is 11.9. The molecule has 0 N–H and O–H groups in total. The molecule has 1 heterocycles. The number of carbonyl (C=O) groups excluding carboxylic acids is 1. The molecule has 24 heavy (non-hydrogen) atoms. The number of hydrogen-bond donors (Lipinski definition) is 0. The van der Waals surface area contributed by atoms with E-state index in [0.717, 1.165) is 25.7 Å². The summed E-state index contributed by atoms with van der Waals surface area (Å²) >= 11 is 0. The molecule has 1 amide bonds. The molecule has 0 saturated heterocycles. The van der Waals surface area contributed by atoms with Crippen molar-refractivity contribution < 1.29 is 9.52 Å². The Morgan fingerprint density at radius 2 is 1.79 bits per heavy atom. The first-order valence-corrected chi connectivity index (χ1v) is 8.70. The molecule has 0 aliphatic carbocycles. The largest absolute Gasteiger partial charge is 0.618 e. The van der Waals surface area contributed by atoms with E-state index in [4.69, 9.17) is 0 Å². The standard InChI is InChI=1S/C20H26N2O2/c1-3-10-18(16-17-11-6-5-7-12-17)21(14-4-2)20(23)19-13-8-9-15-22(19)24/h5-9,11-13,15,18H,3-4,10,14,16H2,1-2H3/t18-/m0/s1. The highest BCUT2D eigenvalue weighted by molar-refractivity contribution is 5.91. The first-order chi connectivity index (χ1) is 11.7. The van der Waals surface area contributed by atoms with Crippen molar-refractivity contribution in [3.05, 3.63) is 71.2 Å². The summed E-state index contributed by atoms with van der Waals surface area (Å²) in [5.41, 5.74) is 1.41. The minimum atomic E-state index is -0.179. The fourth-order valence-electron chi connectivity index (χ4n) is 3.02. The van der Waals surface area contributed by atoms with E-state index in [1.54, 1.807) is 18.2 Å². The van der Waals surface area contributed by atoms with E-state index in [1.165, 1.54) is 11.8 Å². The lowest BCUT2D eigenvalue weighted by Crippen LogP contribution is -2.47. The molecule has 0 saturated carbocycles. The van der Waals surface area contributed by atoms with Crippen molar-refractivity contribution in [2.45, 2.75) is 45.6 Å². The van der Waals surface area contributed by atoms with Gasteiger partial charge in [-0.1, -0.05) is 50.6 Å². The molecule has 4 heteroatoms. The van der Waals surface area contributed by atoms with Crippen molar-refractivity contribution in [3.8, 4) is 0 Å². The second-order valence-corrected chi connectivity index (χ2v) is 6.04. The molecule has 128 valence electrons. The van der Waals surface area contributed by atoms with Crippen molar-refractivity contribution in [3.63, 3.8) is 0 Å². The second kappa shape index (κ2) is 9.06. The van der Waals surface area contributed by atoms with Crippen molar-refractivity contribution in [2.75, 3.05) is 6.54 Å². The lowest BCUT2D eigenvalue weighted by Gasteiger charge is -2.31. The second-order valence-electron chi connectivity index (χ2n) is 6.04. The molecule has 2 rings (SSSR count). The van der Waals surface area contributed by atoms with Crippen LogP contribution in [0.5, 0.6) is 0 Å². The van der Waals surface area contributed by atoms with Crippen molar-refractivity contribution in [2.24, 2.45) is 0 Å². The van der Waals surface area contributed by atoms with E-state index in [-0.39, 0.29) is 17.6 Å². The van der Waals surface area contributed by atoms with Crippen molar-refractivity contribution >= 4 is 5.91 Å². The van der Waals surface area contributed by atoms with Gasteiger partial charge in [0.2, 0.25) is 0 Å². The zero-order valence-electron chi connectivity index (χ0n) is 14.5. The molecule has 0 bridgehead atoms. The van der Waals surface area contributed by atoms with Crippen molar-refractivity contribution in [1.82, 2.24) is 4.90 Å². The summed E-state index contributed by atoms with van der Waals surface area (Å²) in [6.45, 7) is 4.84. The molecule has 0 fully saturated rings. The molecule has 0 spiro atoms. The molecule has 4 nitrogen and oxygen atoms in total. The fourth-order valence-corrected chi connectivity index (χ4v) is 3.02. The van der Waals surface area contributed by atoms with Crippen LogP contribution in [-0.4, -0.2) is 23.4 Å². The van der Waals surface area contributed by atoms with E-state index in [2.05, 4.69) is 26.0 Å². The number of amides is 1. The van der Waals surface area contributed by atoms with Crippen LogP contribution in [0.1, 0.15) is 49.2 Å². The molecular weight excluding hydrogens is 300 g/mol. The third kappa shape index (κ3) is 4.57. The minimum absolute atomic E-state index is 0.102. The molecule has 0 unspecified atom stereocenters. The summed E-state index contributed by atoms with van der Waals surface area (Å²) in [6.07, 6.45) is 4.98. The van der Waals surface area contributed by atoms with Crippen molar-refractivity contribution in [1.29, 1.82) is 0 Å². The molecule has 2 aromatic rings. The number of hydrogen-bond acceptors (Lipinski definition) is 2. The molecule has 0 radical (unpaired) electrons. The maximum atomic E-state index is 13.0. The minimum Gasteiger partial charge on any atom is -0.618 e. The zero-order valence-corrected chi connectivity index (χ0v) is 14.5. The average molecular weight is 326 g/mol. The van der Waals surface area contributed by atoms with Gasteiger partial charge in [-0.3, -0.25) is 4.79 Å². The molecule has 0 aliphatic rings. The number of nitrogens with zero attached hydrogens (tertiary/aromatic N) is 2. The van der Waals surface area contributed by atoms with Crippen LogP contribution in [0.15, 0.2) is 54.7 Å². The van der Waals surface area contributed by atoms with E-state index < -0.39 is 0 Å². The van der Waals surface area contributed by atoms with E-state index in [9.17, 15) is 10.0 Å². The Bertz CT molecular complexity index is 643. The maximum absolute atomic E-state index is 13.0. The number of benzene rings is 1. The Labute approximate surface area is 144 Å². The Hall–Kier alpha value is -2.36. The molecule has 1 aromatic carbocycles. The maximum Gasteiger partial charge on any atom is 0.320 e. The van der Waals surface area contributed by atoms with Gasteiger partial charge in [0, 0.05) is 24.7 Å². The Kier molecular flexibility index (Phi) is 6.79. The average Bonchev–Trinajstić information content (AvgIpc) is 2.60. The van der Waals surface area contributed by atoms with Gasteiger partial charge in [0.15, 0.2) is 6.20 Å². The van der Waals surface area contributed by atoms with Gasteiger partial charge < -0.3 is 10.1 Å². The first-order valence-electron chi connectivity index (χ1n) is 8.70. The lowest BCUT2D eigenvalue weighted by atomic mass is 9.99. The van der Waals surface area contributed by atoms with Crippen LogP contribution in [0.25, 0.3) is 0 Å². The summed E-state index contributed by atoms with van der Waals surface area (Å²) in [5.74, 6) is -0.179. The van der Waals surface area contributed by atoms with E-state index in [0.29, 0.717) is 11.3 Å². The summed E-state index contributed by atoms with van der Waals surface area (Å²) < 4.78 is 0.663. The summed E-state index contributed by atoms with van der Waals surface area (Å²) in [5, 5.41) is 12.0. The van der Waals surface area contributed by atoms with Crippen LogP contribution in [0.3, 0.4) is 0 Å². The van der Waals surface area contributed by atoms with Crippen LogP contribution in [0, 0.1) is 5.21 Å². The quantitative estimate of drug-likeness (QED) is 0.550.